The first-order chi connectivity index (χ1) is 19.4. The number of hydrogen-bond acceptors (Lipinski definition) is 11. The molecule has 0 aliphatic carbocycles. The number of amides is 1. The normalized spacial score (nSPS) is 17.1. The maximum atomic E-state index is 14.0. The molecule has 14 heteroatoms. The first kappa shape index (κ1) is 33.0. The summed E-state index contributed by atoms with van der Waals surface area (Å²) >= 11 is 0. The maximum absolute atomic E-state index is 14.0. The van der Waals surface area contributed by atoms with E-state index >= 15 is 0 Å². The molecular formula is C27H42N4O9S. The van der Waals surface area contributed by atoms with E-state index in [0.717, 1.165) is 17.4 Å². The lowest BCUT2D eigenvalue weighted by molar-refractivity contribution is -0.149. The van der Waals surface area contributed by atoms with Crippen LogP contribution in [0, 0.1) is 19.8 Å². The number of likely N-dealkylation sites (N-methyl/N-ethyl adjacent to an activating group) is 1. The maximum Gasteiger partial charge on any atom is 0.282 e. The van der Waals surface area contributed by atoms with Crippen molar-refractivity contribution >= 4 is 27.1 Å². The molecule has 41 heavy (non-hydrogen) atoms. The molecule has 0 radical (unpaired) electrons. The van der Waals surface area contributed by atoms with Gasteiger partial charge in [0.1, 0.15) is 13.6 Å². The second-order valence-corrected chi connectivity index (χ2v) is 12.1. The van der Waals surface area contributed by atoms with E-state index in [4.69, 9.17) is 23.1 Å². The summed E-state index contributed by atoms with van der Waals surface area (Å²) in [6.45, 7) is 7.60. The zero-order valence-electron chi connectivity index (χ0n) is 24.9. The van der Waals surface area contributed by atoms with Gasteiger partial charge in [-0.15, -0.1) is 0 Å². The fourth-order valence-electron chi connectivity index (χ4n) is 4.62. The van der Waals surface area contributed by atoms with Crippen molar-refractivity contribution in [1.82, 2.24) is 19.4 Å². The molecule has 1 aliphatic rings. The molecular weight excluding hydrogens is 556 g/mol. The Morgan fingerprint density at radius 1 is 1.00 bits per heavy atom. The van der Waals surface area contributed by atoms with Crippen LogP contribution >= 0.6 is 0 Å². The van der Waals surface area contributed by atoms with Crippen LogP contribution < -0.4 is 5.56 Å². The lowest BCUT2D eigenvalue weighted by Gasteiger charge is -2.32. The minimum atomic E-state index is -3.75. The molecule has 0 unspecified atom stereocenters. The molecule has 0 N–H and O–H groups in total. The number of ether oxygens (including phenoxy) is 4. The number of fused-ring (bicyclic) bond motifs is 1. The van der Waals surface area contributed by atoms with Gasteiger partial charge < -0.3 is 33.3 Å². The van der Waals surface area contributed by atoms with Gasteiger partial charge in [-0.3, -0.25) is 13.8 Å². The second kappa shape index (κ2) is 14.6. The van der Waals surface area contributed by atoms with Gasteiger partial charge >= 0.3 is 0 Å². The van der Waals surface area contributed by atoms with Crippen LogP contribution in [0.4, 0.5) is 0 Å². The third-order valence-electron chi connectivity index (χ3n) is 7.34. The second-order valence-electron chi connectivity index (χ2n) is 10.5. The SMILES string of the molecule is COCO[C@@H](Cn1c(=O)c(C(=O)N2CCN(C)CC2)nc2cc(C)c(C)cc21)[C@H](C)[C@@H](COS(C)(=O)=O)OCOC. The van der Waals surface area contributed by atoms with E-state index < -0.39 is 39.7 Å². The molecule has 0 saturated carbocycles. The van der Waals surface area contributed by atoms with Crippen LogP contribution in [0.3, 0.4) is 0 Å². The predicted octanol–water partition coefficient (Wildman–Crippen LogP) is 0.991. The molecule has 1 aromatic heterocycles. The molecule has 1 amide bonds. The fraction of sp³-hybridized carbons (Fsp3) is 0.667. The average molecular weight is 599 g/mol. The quantitative estimate of drug-likeness (QED) is 0.227. The number of carbonyl (C=O) groups is 1. The minimum Gasteiger partial charge on any atom is -0.359 e. The van der Waals surface area contributed by atoms with Crippen molar-refractivity contribution in [3.63, 3.8) is 0 Å². The van der Waals surface area contributed by atoms with Crippen molar-refractivity contribution in [3.8, 4) is 0 Å². The monoisotopic (exact) mass is 598 g/mol. The van der Waals surface area contributed by atoms with Crippen LogP contribution in [0.15, 0.2) is 16.9 Å². The lowest BCUT2D eigenvalue weighted by Crippen LogP contribution is -2.49. The largest absolute Gasteiger partial charge is 0.359 e. The first-order valence-electron chi connectivity index (χ1n) is 13.4. The number of rotatable bonds is 14. The highest BCUT2D eigenvalue weighted by molar-refractivity contribution is 7.85. The van der Waals surface area contributed by atoms with Gasteiger partial charge in [-0.1, -0.05) is 6.92 Å². The number of methoxy groups -OCH3 is 2. The Labute approximate surface area is 241 Å². The molecule has 0 bridgehead atoms. The third kappa shape index (κ3) is 8.77. The highest BCUT2D eigenvalue weighted by Gasteiger charge is 2.32. The summed E-state index contributed by atoms with van der Waals surface area (Å²) < 4.78 is 51.9. The molecule has 230 valence electrons. The number of nitrogens with zero attached hydrogens (tertiary/aromatic N) is 4. The third-order valence-corrected chi connectivity index (χ3v) is 7.90. The molecule has 1 fully saturated rings. The van der Waals surface area contributed by atoms with Gasteiger partial charge in [0.15, 0.2) is 5.69 Å². The Morgan fingerprint density at radius 3 is 2.17 bits per heavy atom. The number of benzene rings is 1. The Kier molecular flexibility index (Phi) is 11.8. The Balaban J connectivity index is 2.07. The summed E-state index contributed by atoms with van der Waals surface area (Å²) in [6.07, 6.45) is -0.530. The summed E-state index contributed by atoms with van der Waals surface area (Å²) in [4.78, 5) is 35.8. The molecule has 1 saturated heterocycles. The molecule has 1 aromatic carbocycles. The van der Waals surface area contributed by atoms with E-state index in [1.807, 2.05) is 33.0 Å². The van der Waals surface area contributed by atoms with Crippen LogP contribution in [-0.4, -0.2) is 120 Å². The Bertz CT molecular complexity index is 1360. The summed E-state index contributed by atoms with van der Waals surface area (Å²) in [5.74, 6) is -0.914. The fourth-order valence-corrected chi connectivity index (χ4v) is 5.00. The Morgan fingerprint density at radius 2 is 1.59 bits per heavy atom. The van der Waals surface area contributed by atoms with Gasteiger partial charge in [-0.25, -0.2) is 4.98 Å². The predicted molar refractivity (Wildman–Crippen MR) is 152 cm³/mol. The van der Waals surface area contributed by atoms with Crippen LogP contribution in [-0.2, 0) is 39.8 Å². The van der Waals surface area contributed by atoms with Crippen molar-refractivity contribution < 1.29 is 36.3 Å². The highest BCUT2D eigenvalue weighted by Crippen LogP contribution is 2.22. The molecule has 3 rings (SSSR count). The van der Waals surface area contributed by atoms with Gasteiger partial charge in [0.2, 0.25) is 0 Å². The van der Waals surface area contributed by atoms with E-state index in [0.29, 0.717) is 37.2 Å². The number of carbonyl (C=O) groups excluding carboxylic acids is 1. The summed E-state index contributed by atoms with van der Waals surface area (Å²) in [5, 5.41) is 0. The standard InChI is InChI=1S/C27H42N4O9S/c1-18-12-21-22(13-19(18)2)31(27(33)25(28-21)26(32)30-10-8-29(4)9-11-30)14-23(38-16-36-5)20(3)24(39-17-37-6)15-40-41(7,34)35/h12-13,20,23-24H,8-11,14-17H2,1-7H3/t20-,23-,24+/m0/s1. The minimum absolute atomic E-state index is 0.0135. The lowest BCUT2D eigenvalue weighted by atomic mass is 9.97. The summed E-state index contributed by atoms with van der Waals surface area (Å²) in [6, 6.07) is 3.73. The zero-order valence-corrected chi connectivity index (χ0v) is 25.7. The van der Waals surface area contributed by atoms with E-state index in [1.54, 1.807) is 11.8 Å². The van der Waals surface area contributed by atoms with Crippen LogP contribution in [0.1, 0.15) is 28.5 Å². The van der Waals surface area contributed by atoms with Crippen molar-refractivity contribution in [3.05, 3.63) is 39.3 Å². The van der Waals surface area contributed by atoms with Gasteiger partial charge in [-0.05, 0) is 44.2 Å². The van der Waals surface area contributed by atoms with Crippen molar-refractivity contribution in [2.75, 3.05) is 73.9 Å². The topological polar surface area (TPSA) is 139 Å². The van der Waals surface area contributed by atoms with Gasteiger partial charge in [0.05, 0.1) is 42.6 Å². The zero-order chi connectivity index (χ0) is 30.3. The molecule has 2 aromatic rings. The first-order valence-corrected chi connectivity index (χ1v) is 15.2. The van der Waals surface area contributed by atoms with Gasteiger partial charge in [0.25, 0.3) is 21.6 Å². The number of piperazine rings is 1. The van der Waals surface area contributed by atoms with Crippen LogP contribution in [0.25, 0.3) is 11.0 Å². The van der Waals surface area contributed by atoms with Crippen molar-refractivity contribution in [1.29, 1.82) is 0 Å². The van der Waals surface area contributed by atoms with E-state index in [9.17, 15) is 18.0 Å². The molecule has 2 heterocycles. The summed E-state index contributed by atoms with van der Waals surface area (Å²) in [7, 11) is 1.16. The van der Waals surface area contributed by atoms with E-state index in [-0.39, 0.29) is 32.4 Å². The number of hydrogen-bond donors (Lipinski definition) is 0. The molecule has 13 nitrogen and oxygen atoms in total. The van der Waals surface area contributed by atoms with E-state index in [1.165, 1.54) is 18.8 Å². The van der Waals surface area contributed by atoms with Crippen LogP contribution in [0.2, 0.25) is 0 Å². The molecule has 1 aliphatic heterocycles. The number of aryl methyl sites for hydroxylation is 2. The van der Waals surface area contributed by atoms with Gasteiger partial charge in [0, 0.05) is 46.3 Å². The van der Waals surface area contributed by atoms with Crippen molar-refractivity contribution in [2.24, 2.45) is 5.92 Å². The summed E-state index contributed by atoms with van der Waals surface area (Å²) in [5.41, 5.74) is 2.29. The Hall–Kier alpha value is -2.46. The highest BCUT2D eigenvalue weighted by atomic mass is 32.2. The van der Waals surface area contributed by atoms with E-state index in [2.05, 4.69) is 9.88 Å². The smallest absolute Gasteiger partial charge is 0.282 e. The van der Waals surface area contributed by atoms with Gasteiger partial charge in [-0.2, -0.15) is 8.42 Å². The molecule has 3 atom stereocenters. The molecule has 0 spiro atoms. The van der Waals surface area contributed by atoms with Crippen molar-refractivity contribution in [2.45, 2.75) is 39.5 Å². The number of aromatic nitrogens is 2. The average Bonchev–Trinajstić information content (AvgIpc) is 2.92. The van der Waals surface area contributed by atoms with Crippen LogP contribution in [0.5, 0.6) is 0 Å².